The van der Waals surface area contributed by atoms with Crippen LogP contribution in [-0.4, -0.2) is 14.5 Å². The molecule has 2 rings (SSSR count). The standard InChI is InChI=1S/C11H15FN2O2S/c12-10-7-9(17(13,15)16)5-6-11(10)14-8-3-1-2-4-8/h5-8,14H,1-4H2,(H2,13,15,16). The van der Waals surface area contributed by atoms with Crippen molar-refractivity contribution in [1.82, 2.24) is 0 Å². The molecule has 0 heterocycles. The van der Waals surface area contributed by atoms with E-state index >= 15 is 0 Å². The maximum Gasteiger partial charge on any atom is 0.238 e. The van der Waals surface area contributed by atoms with Crippen LogP contribution in [0.1, 0.15) is 25.7 Å². The molecule has 1 aromatic carbocycles. The lowest BCUT2D eigenvalue weighted by molar-refractivity contribution is 0.592. The van der Waals surface area contributed by atoms with Gasteiger partial charge in [-0.2, -0.15) is 0 Å². The molecule has 94 valence electrons. The Morgan fingerprint density at radius 2 is 1.94 bits per heavy atom. The van der Waals surface area contributed by atoms with Crippen molar-refractivity contribution in [3.8, 4) is 0 Å². The van der Waals surface area contributed by atoms with Gasteiger partial charge in [-0.15, -0.1) is 0 Å². The molecule has 17 heavy (non-hydrogen) atoms. The van der Waals surface area contributed by atoms with Crippen LogP contribution in [0.15, 0.2) is 23.1 Å². The van der Waals surface area contributed by atoms with Crippen LogP contribution in [0.4, 0.5) is 10.1 Å². The molecule has 1 aliphatic carbocycles. The first kappa shape index (κ1) is 12.3. The average Bonchev–Trinajstić information content (AvgIpc) is 2.72. The van der Waals surface area contributed by atoms with E-state index < -0.39 is 15.8 Å². The zero-order valence-electron chi connectivity index (χ0n) is 9.32. The van der Waals surface area contributed by atoms with Gasteiger partial charge in [0.2, 0.25) is 10.0 Å². The number of nitrogens with one attached hydrogen (secondary N) is 1. The summed E-state index contributed by atoms with van der Waals surface area (Å²) in [5, 5.41) is 8.00. The van der Waals surface area contributed by atoms with Gasteiger partial charge in [0, 0.05) is 6.04 Å². The van der Waals surface area contributed by atoms with Crippen LogP contribution in [0.25, 0.3) is 0 Å². The van der Waals surface area contributed by atoms with E-state index in [1.807, 2.05) is 0 Å². The summed E-state index contributed by atoms with van der Waals surface area (Å²) in [7, 11) is -3.84. The van der Waals surface area contributed by atoms with E-state index in [2.05, 4.69) is 5.32 Å². The Bertz CT molecular complexity index is 510. The van der Waals surface area contributed by atoms with E-state index in [0.717, 1.165) is 31.7 Å². The molecule has 1 aromatic rings. The molecule has 0 saturated heterocycles. The third-order valence-electron chi connectivity index (χ3n) is 2.98. The highest BCUT2D eigenvalue weighted by Gasteiger charge is 2.17. The summed E-state index contributed by atoms with van der Waals surface area (Å²) in [5.41, 5.74) is 0.337. The summed E-state index contributed by atoms with van der Waals surface area (Å²) >= 11 is 0. The Balaban J connectivity index is 2.19. The second-order valence-electron chi connectivity index (χ2n) is 4.31. The SMILES string of the molecule is NS(=O)(=O)c1ccc(NC2CCCC2)c(F)c1. The van der Waals surface area contributed by atoms with Crippen LogP contribution in [0.5, 0.6) is 0 Å². The van der Waals surface area contributed by atoms with Crippen molar-refractivity contribution >= 4 is 15.7 Å². The van der Waals surface area contributed by atoms with E-state index in [1.165, 1.54) is 12.1 Å². The second-order valence-corrected chi connectivity index (χ2v) is 5.87. The Kier molecular flexibility index (Phi) is 3.35. The van der Waals surface area contributed by atoms with Gasteiger partial charge in [0.25, 0.3) is 0 Å². The Morgan fingerprint density at radius 1 is 1.29 bits per heavy atom. The number of sulfonamides is 1. The van der Waals surface area contributed by atoms with Gasteiger partial charge < -0.3 is 5.32 Å². The Hall–Kier alpha value is -1.14. The molecule has 0 amide bonds. The van der Waals surface area contributed by atoms with Gasteiger partial charge in [-0.25, -0.2) is 17.9 Å². The minimum Gasteiger partial charge on any atom is -0.380 e. The van der Waals surface area contributed by atoms with Crippen molar-refractivity contribution in [1.29, 1.82) is 0 Å². The number of halogens is 1. The highest BCUT2D eigenvalue weighted by molar-refractivity contribution is 7.89. The van der Waals surface area contributed by atoms with E-state index in [9.17, 15) is 12.8 Å². The molecular weight excluding hydrogens is 243 g/mol. The third kappa shape index (κ3) is 2.95. The predicted molar refractivity (Wildman–Crippen MR) is 63.7 cm³/mol. The number of hydrogen-bond donors (Lipinski definition) is 2. The Morgan fingerprint density at radius 3 is 2.47 bits per heavy atom. The maximum atomic E-state index is 13.7. The summed E-state index contributed by atoms with van der Waals surface area (Å²) in [5.74, 6) is -0.580. The van der Waals surface area contributed by atoms with Crippen molar-refractivity contribution in [3.05, 3.63) is 24.0 Å². The van der Waals surface area contributed by atoms with E-state index in [0.29, 0.717) is 5.69 Å². The summed E-state index contributed by atoms with van der Waals surface area (Å²) in [6.45, 7) is 0. The monoisotopic (exact) mass is 258 g/mol. The van der Waals surface area contributed by atoms with Gasteiger partial charge in [0.15, 0.2) is 0 Å². The number of nitrogens with two attached hydrogens (primary N) is 1. The van der Waals surface area contributed by atoms with Gasteiger partial charge in [0.1, 0.15) is 5.82 Å². The smallest absolute Gasteiger partial charge is 0.238 e. The minimum absolute atomic E-state index is 0.202. The van der Waals surface area contributed by atoms with Crippen LogP contribution >= 0.6 is 0 Å². The lowest BCUT2D eigenvalue weighted by Gasteiger charge is -2.14. The summed E-state index contributed by atoms with van der Waals surface area (Å²) in [4.78, 5) is -0.202. The largest absolute Gasteiger partial charge is 0.380 e. The van der Waals surface area contributed by atoms with Gasteiger partial charge in [-0.05, 0) is 31.0 Å². The molecule has 0 radical (unpaired) electrons. The second kappa shape index (κ2) is 4.62. The topological polar surface area (TPSA) is 72.2 Å². The first-order valence-corrected chi connectivity index (χ1v) is 7.10. The normalized spacial score (nSPS) is 17.3. The molecule has 4 nitrogen and oxygen atoms in total. The van der Waals surface area contributed by atoms with Crippen molar-refractivity contribution in [2.75, 3.05) is 5.32 Å². The quantitative estimate of drug-likeness (QED) is 0.868. The highest BCUT2D eigenvalue weighted by Crippen LogP contribution is 2.25. The molecule has 1 saturated carbocycles. The molecule has 6 heteroatoms. The highest BCUT2D eigenvalue weighted by atomic mass is 32.2. The summed E-state index contributed by atoms with van der Waals surface area (Å²) in [6, 6.07) is 3.97. The van der Waals surface area contributed by atoms with Crippen LogP contribution in [0, 0.1) is 5.82 Å². The first-order valence-electron chi connectivity index (χ1n) is 5.56. The molecule has 1 fully saturated rings. The van der Waals surface area contributed by atoms with Crippen LogP contribution in [0.3, 0.4) is 0 Å². The lowest BCUT2D eigenvalue weighted by Crippen LogP contribution is -2.16. The fourth-order valence-corrected chi connectivity index (χ4v) is 2.61. The van der Waals surface area contributed by atoms with E-state index in [-0.39, 0.29) is 10.9 Å². The molecule has 1 aliphatic rings. The number of benzene rings is 1. The lowest BCUT2D eigenvalue weighted by atomic mass is 10.2. The van der Waals surface area contributed by atoms with E-state index in [1.54, 1.807) is 0 Å². The minimum atomic E-state index is -3.84. The number of hydrogen-bond acceptors (Lipinski definition) is 3. The zero-order valence-corrected chi connectivity index (χ0v) is 10.1. The molecule has 0 bridgehead atoms. The summed E-state index contributed by atoms with van der Waals surface area (Å²) in [6.07, 6.45) is 4.34. The predicted octanol–water partition coefficient (Wildman–Crippen LogP) is 1.83. The zero-order chi connectivity index (χ0) is 12.5. The molecule has 0 atom stereocenters. The summed E-state index contributed by atoms with van der Waals surface area (Å²) < 4.78 is 35.7. The van der Waals surface area contributed by atoms with Crippen molar-refractivity contribution < 1.29 is 12.8 Å². The fourth-order valence-electron chi connectivity index (χ4n) is 2.08. The third-order valence-corrected chi connectivity index (χ3v) is 3.89. The molecule has 0 spiro atoms. The van der Waals surface area contributed by atoms with Crippen molar-refractivity contribution in [2.24, 2.45) is 5.14 Å². The fraction of sp³-hybridized carbons (Fsp3) is 0.455. The molecule has 0 aromatic heterocycles. The van der Waals surface area contributed by atoms with Crippen LogP contribution in [-0.2, 0) is 10.0 Å². The first-order chi connectivity index (χ1) is 7.97. The van der Waals surface area contributed by atoms with Crippen LogP contribution < -0.4 is 10.5 Å². The molecule has 0 unspecified atom stereocenters. The van der Waals surface area contributed by atoms with Gasteiger partial charge in [0.05, 0.1) is 10.6 Å². The number of anilines is 1. The van der Waals surface area contributed by atoms with Crippen LogP contribution in [0.2, 0.25) is 0 Å². The molecule has 0 aliphatic heterocycles. The van der Waals surface area contributed by atoms with Crippen molar-refractivity contribution in [2.45, 2.75) is 36.6 Å². The molecule has 3 N–H and O–H groups in total. The van der Waals surface area contributed by atoms with Gasteiger partial charge in [-0.1, -0.05) is 12.8 Å². The van der Waals surface area contributed by atoms with Gasteiger partial charge in [-0.3, -0.25) is 0 Å². The maximum absolute atomic E-state index is 13.7. The number of rotatable bonds is 3. The van der Waals surface area contributed by atoms with E-state index in [4.69, 9.17) is 5.14 Å². The number of primary sulfonamides is 1. The van der Waals surface area contributed by atoms with Gasteiger partial charge >= 0.3 is 0 Å². The van der Waals surface area contributed by atoms with Crippen molar-refractivity contribution in [3.63, 3.8) is 0 Å². The molecular formula is C11H15FN2O2S. The Labute approximate surface area is 100 Å². The average molecular weight is 258 g/mol.